The average molecular weight is 475 g/mol. The standard InChI is InChI=1S/C27H23ClN2O4/c1-16-21(15-29)25(20-8-3-5-9-22(20)28)30(24(16)27(32)33)26(31)18-13-11-17(12-14-18)19-7-4-6-10-23(19)34-2/h3-14,16,21,24-25H,1-2H3,(H,32,33)/t16?,21?,24-,25-/m0/s1. The Kier molecular flexibility index (Phi) is 6.58. The molecule has 6 nitrogen and oxygen atoms in total. The average Bonchev–Trinajstić information content (AvgIpc) is 3.15. The van der Waals surface area contributed by atoms with Crippen LogP contribution in [0.1, 0.15) is 28.9 Å². The Morgan fingerprint density at radius 2 is 1.68 bits per heavy atom. The second kappa shape index (κ2) is 9.58. The summed E-state index contributed by atoms with van der Waals surface area (Å²) >= 11 is 6.43. The van der Waals surface area contributed by atoms with Gasteiger partial charge in [-0.05, 0) is 35.4 Å². The fraction of sp³-hybridized carbons (Fsp3) is 0.222. The van der Waals surface area contributed by atoms with Gasteiger partial charge in [0.25, 0.3) is 5.91 Å². The first kappa shape index (κ1) is 23.3. The van der Waals surface area contributed by atoms with Crippen LogP contribution in [0, 0.1) is 23.2 Å². The van der Waals surface area contributed by atoms with E-state index in [0.29, 0.717) is 21.9 Å². The molecule has 3 aromatic carbocycles. The second-order valence-corrected chi connectivity index (χ2v) is 8.66. The van der Waals surface area contributed by atoms with Crippen LogP contribution in [-0.4, -0.2) is 35.0 Å². The normalized spacial score (nSPS) is 21.6. The monoisotopic (exact) mass is 474 g/mol. The lowest BCUT2D eigenvalue weighted by Gasteiger charge is -2.30. The second-order valence-electron chi connectivity index (χ2n) is 8.25. The highest BCUT2D eigenvalue weighted by molar-refractivity contribution is 6.31. The third-order valence-electron chi connectivity index (χ3n) is 6.41. The van der Waals surface area contributed by atoms with Gasteiger partial charge in [-0.2, -0.15) is 5.26 Å². The van der Waals surface area contributed by atoms with Crippen LogP contribution in [0.15, 0.2) is 72.8 Å². The minimum atomic E-state index is -1.16. The molecule has 0 aromatic heterocycles. The first-order valence-electron chi connectivity index (χ1n) is 10.8. The molecule has 1 saturated heterocycles. The number of hydrogen-bond acceptors (Lipinski definition) is 4. The van der Waals surface area contributed by atoms with Crippen molar-refractivity contribution in [3.8, 4) is 22.9 Å². The number of hydrogen-bond donors (Lipinski definition) is 1. The van der Waals surface area contributed by atoms with Crippen molar-refractivity contribution < 1.29 is 19.4 Å². The number of nitrogens with zero attached hydrogens (tertiary/aromatic N) is 2. The van der Waals surface area contributed by atoms with Crippen molar-refractivity contribution in [1.29, 1.82) is 5.26 Å². The number of aliphatic carboxylic acids is 1. The molecule has 1 aliphatic rings. The number of halogens is 1. The number of carbonyl (C=O) groups is 2. The lowest BCUT2D eigenvalue weighted by molar-refractivity contribution is -0.142. The molecule has 1 heterocycles. The van der Waals surface area contributed by atoms with Gasteiger partial charge in [0.1, 0.15) is 11.8 Å². The van der Waals surface area contributed by atoms with E-state index in [1.807, 2.05) is 24.3 Å². The summed E-state index contributed by atoms with van der Waals surface area (Å²) in [5.74, 6) is -2.22. The molecule has 0 bridgehead atoms. The van der Waals surface area contributed by atoms with Gasteiger partial charge in [-0.3, -0.25) is 4.79 Å². The van der Waals surface area contributed by atoms with E-state index < -0.39 is 35.8 Å². The quantitative estimate of drug-likeness (QED) is 0.531. The number of carbonyl (C=O) groups excluding carboxylic acids is 1. The van der Waals surface area contributed by atoms with E-state index in [0.717, 1.165) is 11.1 Å². The zero-order valence-corrected chi connectivity index (χ0v) is 19.4. The number of methoxy groups -OCH3 is 1. The Hall–Kier alpha value is -3.82. The van der Waals surface area contributed by atoms with Gasteiger partial charge < -0.3 is 14.7 Å². The predicted octanol–water partition coefficient (Wildman–Crippen LogP) is 5.44. The van der Waals surface area contributed by atoms with Gasteiger partial charge in [-0.25, -0.2) is 4.79 Å². The molecule has 2 unspecified atom stereocenters. The number of likely N-dealkylation sites (tertiary alicyclic amines) is 1. The molecule has 0 radical (unpaired) electrons. The van der Waals surface area contributed by atoms with Gasteiger partial charge in [-0.1, -0.05) is 67.1 Å². The molecular weight excluding hydrogens is 452 g/mol. The fourth-order valence-corrected chi connectivity index (χ4v) is 5.00. The van der Waals surface area contributed by atoms with Crippen molar-refractivity contribution >= 4 is 23.5 Å². The molecule has 1 amide bonds. The highest BCUT2D eigenvalue weighted by Crippen LogP contribution is 2.47. The first-order chi connectivity index (χ1) is 16.4. The molecule has 1 N–H and O–H groups in total. The van der Waals surface area contributed by atoms with E-state index in [9.17, 15) is 20.0 Å². The van der Waals surface area contributed by atoms with Crippen LogP contribution in [0.2, 0.25) is 5.02 Å². The molecule has 0 saturated carbocycles. The van der Waals surface area contributed by atoms with Crippen LogP contribution in [0.25, 0.3) is 11.1 Å². The van der Waals surface area contributed by atoms with Gasteiger partial charge in [0.05, 0.1) is 25.1 Å². The van der Waals surface area contributed by atoms with Crippen molar-refractivity contribution in [2.75, 3.05) is 7.11 Å². The van der Waals surface area contributed by atoms with E-state index in [1.54, 1.807) is 62.6 Å². The number of amides is 1. The number of nitriles is 1. The Balaban J connectivity index is 1.77. The summed E-state index contributed by atoms with van der Waals surface area (Å²) < 4.78 is 5.43. The highest BCUT2D eigenvalue weighted by atomic mass is 35.5. The summed E-state index contributed by atoms with van der Waals surface area (Å²) in [5.41, 5.74) is 2.62. The van der Waals surface area contributed by atoms with Crippen molar-refractivity contribution in [2.24, 2.45) is 11.8 Å². The van der Waals surface area contributed by atoms with Crippen molar-refractivity contribution in [2.45, 2.75) is 19.0 Å². The zero-order chi connectivity index (χ0) is 24.4. The molecule has 172 valence electrons. The maximum Gasteiger partial charge on any atom is 0.326 e. The maximum absolute atomic E-state index is 13.7. The van der Waals surface area contributed by atoms with Gasteiger partial charge in [0, 0.05) is 22.1 Å². The molecule has 4 rings (SSSR count). The van der Waals surface area contributed by atoms with E-state index in [1.165, 1.54) is 4.90 Å². The smallest absolute Gasteiger partial charge is 0.326 e. The lowest BCUT2D eigenvalue weighted by Crippen LogP contribution is -2.43. The zero-order valence-electron chi connectivity index (χ0n) is 18.7. The first-order valence-corrected chi connectivity index (χ1v) is 11.2. The van der Waals surface area contributed by atoms with Crippen molar-refractivity contribution in [1.82, 2.24) is 4.90 Å². The molecule has 1 aliphatic heterocycles. The number of carboxylic acid groups (broad SMARTS) is 1. The molecular formula is C27H23ClN2O4. The van der Waals surface area contributed by atoms with Crippen LogP contribution < -0.4 is 4.74 Å². The van der Waals surface area contributed by atoms with E-state index in [-0.39, 0.29) is 0 Å². The molecule has 4 atom stereocenters. The number of benzene rings is 3. The van der Waals surface area contributed by atoms with E-state index in [2.05, 4.69) is 6.07 Å². The van der Waals surface area contributed by atoms with Gasteiger partial charge in [0.15, 0.2) is 0 Å². The van der Waals surface area contributed by atoms with E-state index in [4.69, 9.17) is 16.3 Å². The van der Waals surface area contributed by atoms with Crippen molar-refractivity contribution in [3.05, 3.63) is 88.9 Å². The van der Waals surface area contributed by atoms with Gasteiger partial charge in [-0.15, -0.1) is 0 Å². The maximum atomic E-state index is 13.7. The Bertz CT molecular complexity index is 1270. The highest BCUT2D eigenvalue weighted by Gasteiger charge is 2.53. The Labute approximate surface area is 203 Å². The third-order valence-corrected chi connectivity index (χ3v) is 6.76. The molecule has 0 spiro atoms. The SMILES string of the molecule is COc1ccccc1-c1ccc(C(=O)N2[C@H](C(=O)O)C(C)C(C#N)[C@@H]2c2ccccc2Cl)cc1. The molecule has 7 heteroatoms. The topological polar surface area (TPSA) is 90.6 Å². The Morgan fingerprint density at radius 1 is 1.03 bits per heavy atom. The summed E-state index contributed by atoms with van der Waals surface area (Å²) in [4.78, 5) is 27.3. The Morgan fingerprint density at radius 3 is 2.29 bits per heavy atom. The predicted molar refractivity (Wildman–Crippen MR) is 128 cm³/mol. The van der Waals surface area contributed by atoms with Crippen LogP contribution in [0.5, 0.6) is 5.75 Å². The summed E-state index contributed by atoms with van der Waals surface area (Å²) in [6, 6.07) is 21.7. The fourth-order valence-electron chi connectivity index (χ4n) is 4.75. The van der Waals surface area contributed by atoms with Crippen LogP contribution in [0.3, 0.4) is 0 Å². The largest absolute Gasteiger partial charge is 0.496 e. The molecule has 3 aromatic rings. The van der Waals surface area contributed by atoms with Crippen LogP contribution in [0.4, 0.5) is 0 Å². The lowest BCUT2D eigenvalue weighted by atomic mass is 9.87. The van der Waals surface area contributed by atoms with Crippen molar-refractivity contribution in [3.63, 3.8) is 0 Å². The van der Waals surface area contributed by atoms with Crippen LogP contribution in [-0.2, 0) is 4.79 Å². The van der Waals surface area contributed by atoms with Gasteiger partial charge in [0.2, 0.25) is 0 Å². The summed E-state index contributed by atoms with van der Waals surface area (Å²) in [6.45, 7) is 1.69. The van der Waals surface area contributed by atoms with Crippen LogP contribution >= 0.6 is 11.6 Å². The molecule has 0 aliphatic carbocycles. The number of ether oxygens (including phenoxy) is 1. The molecule has 34 heavy (non-hydrogen) atoms. The minimum Gasteiger partial charge on any atom is -0.496 e. The summed E-state index contributed by atoms with van der Waals surface area (Å²) in [6.07, 6.45) is 0. The van der Waals surface area contributed by atoms with E-state index >= 15 is 0 Å². The number of carboxylic acids is 1. The summed E-state index contributed by atoms with van der Waals surface area (Å²) in [7, 11) is 1.60. The minimum absolute atomic E-state index is 0.327. The third kappa shape index (κ3) is 4.00. The summed E-state index contributed by atoms with van der Waals surface area (Å²) in [5, 5.41) is 20.3. The molecule has 1 fully saturated rings. The number of para-hydroxylation sites is 1. The number of rotatable bonds is 5. The van der Waals surface area contributed by atoms with Gasteiger partial charge >= 0.3 is 5.97 Å².